The van der Waals surface area contributed by atoms with Crippen LogP contribution < -0.4 is 14.2 Å². The molecule has 0 aromatic heterocycles. The second kappa shape index (κ2) is 10.6. The molecule has 0 bridgehead atoms. The lowest BCUT2D eigenvalue weighted by Crippen LogP contribution is -2.35. The molecule has 176 valence electrons. The Kier molecular flexibility index (Phi) is 7.57. The van der Waals surface area contributed by atoms with E-state index in [9.17, 15) is 4.79 Å². The van der Waals surface area contributed by atoms with Gasteiger partial charge < -0.3 is 14.2 Å². The monoisotopic (exact) mass is 590 g/mol. The third-order valence-corrected chi connectivity index (χ3v) is 6.90. The first kappa shape index (κ1) is 24.3. The van der Waals surface area contributed by atoms with E-state index in [0.29, 0.717) is 41.9 Å². The number of amidine groups is 2. The number of ether oxygens (including phenoxy) is 3. The van der Waals surface area contributed by atoms with Gasteiger partial charge in [0.25, 0.3) is 5.91 Å². The predicted molar refractivity (Wildman–Crippen MR) is 143 cm³/mol. The zero-order valence-electron chi connectivity index (χ0n) is 18.9. The van der Waals surface area contributed by atoms with Crippen LogP contribution in [0.5, 0.6) is 17.2 Å². The lowest BCUT2D eigenvalue weighted by molar-refractivity contribution is -0.114. The minimum Gasteiger partial charge on any atom is -0.493 e. The molecule has 0 fully saturated rings. The van der Waals surface area contributed by atoms with Gasteiger partial charge in [0, 0.05) is 0 Å². The number of rotatable bonds is 8. The molecule has 0 saturated carbocycles. The van der Waals surface area contributed by atoms with E-state index in [4.69, 9.17) is 19.6 Å². The van der Waals surface area contributed by atoms with Crippen molar-refractivity contribution in [1.82, 2.24) is 5.01 Å². The fourth-order valence-corrected chi connectivity index (χ4v) is 4.92. The normalized spacial score (nSPS) is 16.4. The highest BCUT2D eigenvalue weighted by molar-refractivity contribution is 14.1. The van der Waals surface area contributed by atoms with Crippen LogP contribution in [0.15, 0.2) is 52.1 Å². The maximum Gasteiger partial charge on any atom is 0.283 e. The molecule has 10 heteroatoms. The van der Waals surface area contributed by atoms with Crippen molar-refractivity contribution in [3.05, 3.63) is 56.7 Å². The Morgan fingerprint density at radius 3 is 2.68 bits per heavy atom. The van der Waals surface area contributed by atoms with Crippen molar-refractivity contribution in [3.63, 3.8) is 0 Å². The van der Waals surface area contributed by atoms with Crippen molar-refractivity contribution in [2.45, 2.75) is 20.3 Å². The number of amides is 1. The summed E-state index contributed by atoms with van der Waals surface area (Å²) in [6.07, 6.45) is 2.35. The van der Waals surface area contributed by atoms with Gasteiger partial charge in [0.1, 0.15) is 24.0 Å². The van der Waals surface area contributed by atoms with E-state index >= 15 is 0 Å². The average Bonchev–Trinajstić information content (AvgIpc) is 3.24. The number of carbonyl (C=O) groups is 1. The number of aryl methyl sites for hydroxylation is 1. The second-order valence-corrected chi connectivity index (χ2v) is 9.57. The standard InChI is InChI=1S/C24H23IN4O4S/c1-4-20-28-29-22(26)16(23(30)27-24(29)34-20)11-15-12-17(25)21(19(13-15)31-3)33-10-9-32-18-8-6-5-7-14(18)2/h5-8,11-13,26H,4,9-10H2,1-3H3/b16-11-,26-22?. The molecule has 8 nitrogen and oxygen atoms in total. The summed E-state index contributed by atoms with van der Waals surface area (Å²) >= 11 is 3.48. The molecule has 2 aromatic rings. The van der Waals surface area contributed by atoms with Gasteiger partial charge in [0.05, 0.1) is 16.3 Å². The van der Waals surface area contributed by atoms with Gasteiger partial charge in [0.2, 0.25) is 5.17 Å². The fraction of sp³-hybridized carbons (Fsp3) is 0.250. The van der Waals surface area contributed by atoms with E-state index < -0.39 is 5.91 Å². The maximum absolute atomic E-state index is 12.6. The van der Waals surface area contributed by atoms with Gasteiger partial charge in [-0.15, -0.1) is 0 Å². The summed E-state index contributed by atoms with van der Waals surface area (Å²) in [7, 11) is 1.56. The second-order valence-electron chi connectivity index (χ2n) is 7.36. The van der Waals surface area contributed by atoms with Crippen molar-refractivity contribution >= 4 is 62.4 Å². The van der Waals surface area contributed by atoms with Gasteiger partial charge in [-0.25, -0.2) is 0 Å². The van der Waals surface area contributed by atoms with Crippen molar-refractivity contribution < 1.29 is 19.0 Å². The molecule has 2 heterocycles. The summed E-state index contributed by atoms with van der Waals surface area (Å²) in [5.41, 5.74) is 1.93. The molecular formula is C24H23IN4O4S. The molecular weight excluding hydrogens is 567 g/mol. The van der Waals surface area contributed by atoms with E-state index in [2.05, 4.69) is 32.7 Å². The Balaban J connectivity index is 1.50. The summed E-state index contributed by atoms with van der Waals surface area (Å²) in [5, 5.41) is 15.5. The molecule has 2 aromatic carbocycles. The number of para-hydroxylation sites is 1. The molecule has 1 amide bonds. The molecule has 0 atom stereocenters. The summed E-state index contributed by atoms with van der Waals surface area (Å²) in [4.78, 5) is 16.7. The predicted octanol–water partition coefficient (Wildman–Crippen LogP) is 5.10. The maximum atomic E-state index is 12.6. The molecule has 0 spiro atoms. The molecule has 4 rings (SSSR count). The summed E-state index contributed by atoms with van der Waals surface area (Å²) < 4.78 is 18.1. The Bertz CT molecular complexity index is 1240. The van der Waals surface area contributed by atoms with Gasteiger partial charge in [-0.3, -0.25) is 10.2 Å². The smallest absolute Gasteiger partial charge is 0.283 e. The zero-order chi connectivity index (χ0) is 24.2. The molecule has 1 N–H and O–H groups in total. The van der Waals surface area contributed by atoms with Crippen LogP contribution in [0.3, 0.4) is 0 Å². The SMILES string of the molecule is CCC1=NN2C(=N)/C(=C/c3cc(I)c(OCCOc4ccccc4C)c(OC)c3)C(=O)N=C2S1. The molecule has 0 aliphatic carbocycles. The number of hydrazone groups is 1. The molecule has 0 radical (unpaired) electrons. The number of carbonyl (C=O) groups excluding carboxylic acids is 1. The highest BCUT2D eigenvalue weighted by atomic mass is 127. The number of nitrogens with one attached hydrogen (secondary N) is 1. The lowest BCUT2D eigenvalue weighted by Gasteiger charge is -2.20. The lowest BCUT2D eigenvalue weighted by atomic mass is 10.1. The van der Waals surface area contributed by atoms with Gasteiger partial charge in [-0.1, -0.05) is 25.1 Å². The number of methoxy groups -OCH3 is 1. The first-order valence-corrected chi connectivity index (χ1v) is 12.5. The quantitative estimate of drug-likeness (QED) is 0.261. The van der Waals surface area contributed by atoms with Crippen LogP contribution in [-0.2, 0) is 4.79 Å². The van der Waals surface area contributed by atoms with Gasteiger partial charge >= 0.3 is 0 Å². The van der Waals surface area contributed by atoms with Gasteiger partial charge in [-0.05, 0) is 83.1 Å². The van der Waals surface area contributed by atoms with E-state index in [1.807, 2.05) is 44.2 Å². The number of halogens is 1. The van der Waals surface area contributed by atoms with Crippen LogP contribution in [-0.4, -0.2) is 47.3 Å². The molecule has 34 heavy (non-hydrogen) atoms. The van der Waals surface area contributed by atoms with E-state index in [1.54, 1.807) is 19.3 Å². The van der Waals surface area contributed by atoms with Crippen molar-refractivity contribution in [2.75, 3.05) is 20.3 Å². The van der Waals surface area contributed by atoms with E-state index in [-0.39, 0.29) is 11.4 Å². The van der Waals surface area contributed by atoms with Gasteiger partial charge in [-0.2, -0.15) is 15.1 Å². The first-order valence-electron chi connectivity index (χ1n) is 10.6. The number of thioether (sulfide) groups is 1. The van der Waals surface area contributed by atoms with Gasteiger partial charge in [0.15, 0.2) is 17.3 Å². The number of hydrogen-bond donors (Lipinski definition) is 1. The fourth-order valence-electron chi connectivity index (χ4n) is 3.32. The zero-order valence-corrected chi connectivity index (χ0v) is 21.9. The average molecular weight is 590 g/mol. The summed E-state index contributed by atoms with van der Waals surface area (Å²) in [5.74, 6) is 1.49. The number of nitrogens with zero attached hydrogens (tertiary/aromatic N) is 3. The molecule has 0 saturated heterocycles. The number of hydrogen-bond acceptors (Lipinski definition) is 7. The number of fused-ring (bicyclic) bond motifs is 1. The minimum absolute atomic E-state index is 0.00797. The first-order chi connectivity index (χ1) is 16.4. The van der Waals surface area contributed by atoms with Crippen LogP contribution >= 0.6 is 34.4 Å². The van der Waals surface area contributed by atoms with Crippen molar-refractivity contribution in [3.8, 4) is 17.2 Å². The van der Waals surface area contributed by atoms with E-state index in [0.717, 1.165) is 19.9 Å². The Morgan fingerprint density at radius 2 is 1.94 bits per heavy atom. The number of benzene rings is 2. The molecule has 2 aliphatic heterocycles. The van der Waals surface area contributed by atoms with Crippen LogP contribution in [0.1, 0.15) is 24.5 Å². The third kappa shape index (κ3) is 5.12. The highest BCUT2D eigenvalue weighted by Gasteiger charge is 2.35. The van der Waals surface area contributed by atoms with Crippen molar-refractivity contribution in [2.24, 2.45) is 10.1 Å². The summed E-state index contributed by atoms with van der Waals surface area (Å²) in [6, 6.07) is 11.5. The van der Waals surface area contributed by atoms with Crippen LogP contribution in [0.2, 0.25) is 0 Å². The largest absolute Gasteiger partial charge is 0.493 e. The van der Waals surface area contributed by atoms with Crippen molar-refractivity contribution in [1.29, 1.82) is 5.41 Å². The molecule has 0 unspecified atom stereocenters. The summed E-state index contributed by atoms with van der Waals surface area (Å²) in [6.45, 7) is 4.69. The number of aliphatic imine (C=N–C) groups is 1. The van der Waals surface area contributed by atoms with E-state index in [1.165, 1.54) is 16.8 Å². The Hall–Kier alpha value is -2.86. The Morgan fingerprint density at radius 1 is 1.18 bits per heavy atom. The topological polar surface area (TPSA) is 96.6 Å². The highest BCUT2D eigenvalue weighted by Crippen LogP contribution is 2.35. The van der Waals surface area contributed by atoms with Crippen LogP contribution in [0.25, 0.3) is 6.08 Å². The van der Waals surface area contributed by atoms with Crippen LogP contribution in [0, 0.1) is 15.9 Å². The minimum atomic E-state index is -0.459. The molecule has 2 aliphatic rings. The third-order valence-electron chi connectivity index (χ3n) is 5.04. The Labute approximate surface area is 215 Å². The van der Waals surface area contributed by atoms with Crippen LogP contribution in [0.4, 0.5) is 0 Å².